The molecule has 0 bridgehead atoms. The van der Waals surface area contributed by atoms with Crippen LogP contribution in [0, 0.1) is 5.92 Å². The number of nitrogens with one attached hydrogen (secondary N) is 2. The van der Waals surface area contributed by atoms with E-state index in [-0.39, 0.29) is 11.7 Å². The molecule has 0 unspecified atom stereocenters. The number of hydrogen-bond donors (Lipinski definition) is 3. The Labute approximate surface area is 192 Å². The Morgan fingerprint density at radius 1 is 1.09 bits per heavy atom. The van der Waals surface area contributed by atoms with Crippen molar-refractivity contribution in [3.63, 3.8) is 0 Å². The molecule has 1 aliphatic carbocycles. The molecule has 5 rings (SSSR count). The van der Waals surface area contributed by atoms with Gasteiger partial charge in [0.2, 0.25) is 0 Å². The molecule has 2 aromatic carbocycles. The average molecular weight is 442 g/mol. The van der Waals surface area contributed by atoms with E-state index < -0.39 is 0 Å². The summed E-state index contributed by atoms with van der Waals surface area (Å²) in [5.74, 6) is 1.35. The molecular formula is C26H27N5O2. The van der Waals surface area contributed by atoms with Crippen molar-refractivity contribution >= 4 is 17.4 Å². The molecule has 2 aromatic heterocycles. The lowest BCUT2D eigenvalue weighted by Crippen LogP contribution is -2.25. The minimum atomic E-state index is -0.0267. The van der Waals surface area contributed by atoms with Crippen LogP contribution in [0.25, 0.3) is 28.2 Å². The van der Waals surface area contributed by atoms with Crippen molar-refractivity contribution in [2.24, 2.45) is 5.92 Å². The van der Waals surface area contributed by atoms with Crippen molar-refractivity contribution in [3.05, 3.63) is 66.5 Å². The predicted molar refractivity (Wildman–Crippen MR) is 129 cm³/mol. The van der Waals surface area contributed by atoms with Gasteiger partial charge >= 0.3 is 0 Å². The second-order valence-electron chi connectivity index (χ2n) is 8.96. The molecule has 7 heteroatoms. The van der Waals surface area contributed by atoms with E-state index in [2.05, 4.69) is 29.5 Å². The summed E-state index contributed by atoms with van der Waals surface area (Å²) in [7, 11) is 0. The van der Waals surface area contributed by atoms with Crippen LogP contribution < -0.4 is 10.6 Å². The van der Waals surface area contributed by atoms with E-state index in [4.69, 9.17) is 4.98 Å². The van der Waals surface area contributed by atoms with Gasteiger partial charge in [-0.15, -0.1) is 0 Å². The van der Waals surface area contributed by atoms with Crippen LogP contribution in [0.5, 0.6) is 5.75 Å². The molecule has 0 radical (unpaired) electrons. The molecular weight excluding hydrogens is 414 g/mol. The number of nitrogens with zero attached hydrogens (tertiary/aromatic N) is 3. The summed E-state index contributed by atoms with van der Waals surface area (Å²) < 4.78 is 2.02. The first kappa shape index (κ1) is 21.0. The van der Waals surface area contributed by atoms with Crippen LogP contribution in [-0.4, -0.2) is 38.0 Å². The number of anilines is 1. The van der Waals surface area contributed by atoms with Crippen LogP contribution in [0.1, 0.15) is 37.0 Å². The molecule has 0 aliphatic heterocycles. The quantitative estimate of drug-likeness (QED) is 0.386. The van der Waals surface area contributed by atoms with Gasteiger partial charge < -0.3 is 15.7 Å². The Hall–Kier alpha value is -3.87. The highest BCUT2D eigenvalue weighted by atomic mass is 16.3. The first-order valence-corrected chi connectivity index (χ1v) is 11.3. The number of imidazole rings is 1. The van der Waals surface area contributed by atoms with E-state index in [1.54, 1.807) is 12.1 Å². The van der Waals surface area contributed by atoms with Gasteiger partial charge in [0.05, 0.1) is 17.6 Å². The van der Waals surface area contributed by atoms with Crippen LogP contribution in [0.3, 0.4) is 0 Å². The monoisotopic (exact) mass is 441 g/mol. The normalized spacial score (nSPS) is 13.4. The van der Waals surface area contributed by atoms with E-state index in [9.17, 15) is 9.90 Å². The Balaban J connectivity index is 1.54. The Kier molecular flexibility index (Phi) is 5.46. The van der Waals surface area contributed by atoms with Gasteiger partial charge in [-0.25, -0.2) is 9.97 Å². The maximum atomic E-state index is 12.3. The molecule has 2 heterocycles. The highest BCUT2D eigenvalue weighted by Gasteiger charge is 2.23. The van der Waals surface area contributed by atoms with Crippen LogP contribution in [0.2, 0.25) is 0 Å². The molecule has 0 spiro atoms. The summed E-state index contributed by atoms with van der Waals surface area (Å²) in [6.45, 7) is 5.06. The Bertz CT molecular complexity index is 1290. The number of phenolic OH excluding ortho intramolecular Hbond substituents is 1. The zero-order valence-corrected chi connectivity index (χ0v) is 18.7. The van der Waals surface area contributed by atoms with Gasteiger partial charge in [-0.2, -0.15) is 0 Å². The van der Waals surface area contributed by atoms with Crippen LogP contribution >= 0.6 is 0 Å². The number of hydrogen-bond acceptors (Lipinski definition) is 5. The number of rotatable bonds is 7. The predicted octanol–water partition coefficient (Wildman–Crippen LogP) is 4.73. The molecule has 4 aromatic rings. The van der Waals surface area contributed by atoms with Crippen LogP contribution in [0.4, 0.5) is 5.82 Å². The first-order valence-electron chi connectivity index (χ1n) is 11.3. The molecule has 0 atom stereocenters. The molecule has 1 saturated carbocycles. The Morgan fingerprint density at radius 3 is 2.45 bits per heavy atom. The third-order valence-corrected chi connectivity index (χ3v) is 5.69. The number of aromatic nitrogens is 3. The minimum absolute atomic E-state index is 0.0267. The summed E-state index contributed by atoms with van der Waals surface area (Å²) >= 11 is 0. The number of amides is 1. The molecule has 7 nitrogen and oxygen atoms in total. The van der Waals surface area contributed by atoms with Gasteiger partial charge in [0, 0.05) is 35.5 Å². The second-order valence-corrected chi connectivity index (χ2v) is 8.96. The molecule has 1 fully saturated rings. The van der Waals surface area contributed by atoms with Gasteiger partial charge in [0.1, 0.15) is 5.75 Å². The molecule has 0 saturated heterocycles. The molecule has 33 heavy (non-hydrogen) atoms. The van der Waals surface area contributed by atoms with E-state index >= 15 is 0 Å². The maximum Gasteiger partial charge on any atom is 0.251 e. The minimum Gasteiger partial charge on any atom is -0.508 e. The fraction of sp³-hybridized carbons (Fsp3) is 0.269. The highest BCUT2D eigenvalue weighted by Crippen LogP contribution is 2.29. The third kappa shape index (κ3) is 4.53. The van der Waals surface area contributed by atoms with Crippen molar-refractivity contribution in [1.29, 1.82) is 0 Å². The maximum absolute atomic E-state index is 12.3. The van der Waals surface area contributed by atoms with Crippen molar-refractivity contribution in [3.8, 4) is 28.3 Å². The van der Waals surface area contributed by atoms with E-state index in [1.807, 2.05) is 53.2 Å². The summed E-state index contributed by atoms with van der Waals surface area (Å²) in [6, 6.07) is 14.9. The molecule has 3 N–H and O–H groups in total. The molecule has 1 aliphatic rings. The standard InChI is InChI=1S/C26H27N5O2/c1-16(2)13-27-24-25-28-14-23(18-3-5-19(6-4-18)26(33)29-20-9-10-20)31(25)15-22(30-24)17-7-11-21(32)12-8-17/h3-8,11-12,14-16,20,32H,9-10,13H2,1-2H3,(H,27,30)(H,29,33). The third-order valence-electron chi connectivity index (χ3n) is 5.69. The van der Waals surface area contributed by atoms with Gasteiger partial charge in [0.15, 0.2) is 11.5 Å². The second kappa shape index (κ2) is 8.58. The number of aromatic hydroxyl groups is 1. The summed E-state index contributed by atoms with van der Waals surface area (Å²) in [6.07, 6.45) is 5.92. The summed E-state index contributed by atoms with van der Waals surface area (Å²) in [5.41, 5.74) is 4.94. The SMILES string of the molecule is CC(C)CNc1nc(-c2ccc(O)cc2)cn2c(-c3ccc(C(=O)NC4CC4)cc3)cnc12. The number of benzene rings is 2. The van der Waals surface area contributed by atoms with Gasteiger partial charge in [-0.1, -0.05) is 26.0 Å². The lowest BCUT2D eigenvalue weighted by Gasteiger charge is -2.13. The van der Waals surface area contributed by atoms with E-state index in [0.29, 0.717) is 23.3 Å². The summed E-state index contributed by atoms with van der Waals surface area (Å²) in [5, 5.41) is 16.1. The van der Waals surface area contributed by atoms with Gasteiger partial charge in [-0.05, 0) is 55.2 Å². The number of phenols is 1. The van der Waals surface area contributed by atoms with Crippen molar-refractivity contribution < 1.29 is 9.90 Å². The fourth-order valence-corrected chi connectivity index (χ4v) is 3.68. The van der Waals surface area contributed by atoms with Crippen molar-refractivity contribution in [2.45, 2.75) is 32.7 Å². The van der Waals surface area contributed by atoms with Crippen molar-refractivity contribution in [1.82, 2.24) is 19.7 Å². The smallest absolute Gasteiger partial charge is 0.251 e. The summed E-state index contributed by atoms with van der Waals surface area (Å²) in [4.78, 5) is 21.8. The average Bonchev–Trinajstić information content (AvgIpc) is 3.53. The van der Waals surface area contributed by atoms with Crippen LogP contribution in [-0.2, 0) is 0 Å². The largest absolute Gasteiger partial charge is 0.508 e. The van der Waals surface area contributed by atoms with E-state index in [1.165, 1.54) is 0 Å². The van der Waals surface area contributed by atoms with E-state index in [0.717, 1.165) is 47.5 Å². The van der Waals surface area contributed by atoms with Gasteiger partial charge in [0.25, 0.3) is 5.91 Å². The highest BCUT2D eigenvalue weighted by molar-refractivity contribution is 5.95. The number of fused-ring (bicyclic) bond motifs is 1. The topological polar surface area (TPSA) is 91.5 Å². The van der Waals surface area contributed by atoms with Gasteiger partial charge in [-0.3, -0.25) is 9.20 Å². The lowest BCUT2D eigenvalue weighted by molar-refractivity contribution is 0.0951. The zero-order valence-electron chi connectivity index (χ0n) is 18.7. The molecule has 168 valence electrons. The number of carbonyl (C=O) groups excluding carboxylic acids is 1. The number of carbonyl (C=O) groups is 1. The van der Waals surface area contributed by atoms with Crippen LogP contribution in [0.15, 0.2) is 60.9 Å². The fourth-order valence-electron chi connectivity index (χ4n) is 3.68. The Morgan fingerprint density at radius 2 is 1.79 bits per heavy atom. The lowest BCUT2D eigenvalue weighted by atomic mass is 10.1. The van der Waals surface area contributed by atoms with Crippen molar-refractivity contribution in [2.75, 3.05) is 11.9 Å². The zero-order chi connectivity index (χ0) is 22.9. The first-order chi connectivity index (χ1) is 16.0. The molecule has 1 amide bonds.